The van der Waals surface area contributed by atoms with Crippen LogP contribution in [0.2, 0.25) is 10.0 Å². The van der Waals surface area contributed by atoms with Crippen LogP contribution in [0.5, 0.6) is 0 Å². The van der Waals surface area contributed by atoms with Crippen LogP contribution in [0, 0.1) is 0 Å². The summed E-state index contributed by atoms with van der Waals surface area (Å²) in [7, 11) is 1.97. The molecule has 3 nitrogen and oxygen atoms in total. The molecule has 0 bridgehead atoms. The van der Waals surface area contributed by atoms with Crippen molar-refractivity contribution < 1.29 is 4.79 Å². The summed E-state index contributed by atoms with van der Waals surface area (Å²) in [6, 6.07) is 6.24. The second-order valence-electron chi connectivity index (χ2n) is 7.08. The van der Waals surface area contributed by atoms with Gasteiger partial charge in [0, 0.05) is 24.4 Å². The van der Waals surface area contributed by atoms with E-state index >= 15 is 0 Å². The monoisotopic (exact) mass is 400 g/mol. The van der Waals surface area contributed by atoms with Crippen LogP contribution in [-0.4, -0.2) is 59.4 Å². The van der Waals surface area contributed by atoms with E-state index in [1.807, 2.05) is 29.8 Å². The van der Waals surface area contributed by atoms with Crippen molar-refractivity contribution in [3.8, 4) is 0 Å². The van der Waals surface area contributed by atoms with E-state index in [1.54, 1.807) is 12.1 Å². The van der Waals surface area contributed by atoms with Crippen molar-refractivity contribution in [3.05, 3.63) is 33.8 Å². The second-order valence-corrected chi connectivity index (χ2v) is 8.97. The van der Waals surface area contributed by atoms with Gasteiger partial charge in [-0.05, 0) is 62.7 Å². The Morgan fingerprint density at radius 3 is 2.60 bits per heavy atom. The quantitative estimate of drug-likeness (QED) is 0.733. The largest absolute Gasteiger partial charge is 0.341 e. The molecular weight excluding hydrogens is 375 g/mol. The zero-order chi connectivity index (χ0) is 18.0. The van der Waals surface area contributed by atoms with Gasteiger partial charge in [0.2, 0.25) is 5.91 Å². The Morgan fingerprint density at radius 2 is 1.96 bits per heavy atom. The highest BCUT2D eigenvalue weighted by Gasteiger charge is 2.43. The van der Waals surface area contributed by atoms with Gasteiger partial charge in [0.25, 0.3) is 0 Å². The minimum atomic E-state index is 0.161. The van der Waals surface area contributed by atoms with E-state index in [0.29, 0.717) is 33.8 Å². The second kappa shape index (κ2) is 8.51. The number of carbonyl (C=O) groups excluding carboxylic acids is 1. The standard InChI is InChI=1S/C19H26Cl2N2OS/c1-22(18(24)12-13-5-6-14(20)15(21)11-13)16-7-8-17(25-2)19(16)23-9-3-4-10-23/h5-6,11,16-17,19H,3-4,7-10,12H2,1-2H3. The smallest absolute Gasteiger partial charge is 0.227 e. The van der Waals surface area contributed by atoms with Crippen LogP contribution in [-0.2, 0) is 11.2 Å². The lowest BCUT2D eigenvalue weighted by molar-refractivity contribution is -0.132. The SMILES string of the molecule is CSC1CCC(N(C)C(=O)Cc2ccc(Cl)c(Cl)c2)C1N1CCCC1. The lowest BCUT2D eigenvalue weighted by Crippen LogP contribution is -2.52. The summed E-state index contributed by atoms with van der Waals surface area (Å²) >= 11 is 14.0. The van der Waals surface area contributed by atoms with E-state index in [0.717, 1.165) is 12.0 Å². The molecule has 0 aromatic heterocycles. The third kappa shape index (κ3) is 4.29. The summed E-state index contributed by atoms with van der Waals surface area (Å²) in [5.41, 5.74) is 0.920. The van der Waals surface area contributed by atoms with Crippen molar-refractivity contribution in [1.29, 1.82) is 0 Å². The molecule has 3 unspecified atom stereocenters. The first kappa shape index (κ1) is 19.3. The van der Waals surface area contributed by atoms with Crippen LogP contribution < -0.4 is 0 Å². The van der Waals surface area contributed by atoms with Gasteiger partial charge in [-0.25, -0.2) is 0 Å². The molecule has 25 heavy (non-hydrogen) atoms. The molecule has 0 radical (unpaired) electrons. The Labute approximate surface area is 165 Å². The summed E-state index contributed by atoms with van der Waals surface area (Å²) in [6.07, 6.45) is 7.43. The molecule has 138 valence electrons. The molecule has 2 aliphatic rings. The van der Waals surface area contributed by atoms with Gasteiger partial charge in [-0.15, -0.1) is 0 Å². The number of rotatable bonds is 5. The topological polar surface area (TPSA) is 23.6 Å². The van der Waals surface area contributed by atoms with Gasteiger partial charge < -0.3 is 4.90 Å². The number of amides is 1. The Kier molecular flexibility index (Phi) is 6.59. The summed E-state index contributed by atoms with van der Waals surface area (Å²) in [5.74, 6) is 0.161. The van der Waals surface area contributed by atoms with Gasteiger partial charge >= 0.3 is 0 Å². The number of thioether (sulfide) groups is 1. The van der Waals surface area contributed by atoms with Crippen molar-refractivity contribution in [2.75, 3.05) is 26.4 Å². The number of hydrogen-bond acceptors (Lipinski definition) is 3. The number of likely N-dealkylation sites (tertiary alicyclic amines) is 1. The first-order chi connectivity index (χ1) is 12.0. The van der Waals surface area contributed by atoms with Crippen molar-refractivity contribution in [1.82, 2.24) is 9.80 Å². The molecule has 2 fully saturated rings. The Bertz CT molecular complexity index is 621. The maximum Gasteiger partial charge on any atom is 0.227 e. The van der Waals surface area contributed by atoms with E-state index in [2.05, 4.69) is 11.2 Å². The maximum atomic E-state index is 12.9. The Balaban J connectivity index is 1.70. The Morgan fingerprint density at radius 1 is 1.24 bits per heavy atom. The molecule has 1 heterocycles. The number of benzene rings is 1. The van der Waals surface area contributed by atoms with Crippen LogP contribution in [0.1, 0.15) is 31.2 Å². The van der Waals surface area contributed by atoms with Crippen molar-refractivity contribution in [2.45, 2.75) is 49.4 Å². The predicted octanol–water partition coefficient (Wildman–Crippen LogP) is 4.35. The Hall–Kier alpha value is -0.420. The molecule has 1 aliphatic heterocycles. The lowest BCUT2D eigenvalue weighted by Gasteiger charge is -2.37. The molecular formula is C19H26Cl2N2OS. The van der Waals surface area contributed by atoms with Crippen LogP contribution in [0.25, 0.3) is 0 Å². The number of nitrogens with zero attached hydrogens (tertiary/aromatic N) is 2. The number of halogens is 2. The van der Waals surface area contributed by atoms with E-state index in [-0.39, 0.29) is 5.91 Å². The zero-order valence-electron chi connectivity index (χ0n) is 14.9. The predicted molar refractivity (Wildman–Crippen MR) is 108 cm³/mol. The third-order valence-electron chi connectivity index (χ3n) is 5.62. The first-order valence-corrected chi connectivity index (χ1v) is 11.0. The van der Waals surface area contributed by atoms with Crippen LogP contribution in [0.4, 0.5) is 0 Å². The molecule has 3 rings (SSSR count). The maximum absolute atomic E-state index is 12.9. The molecule has 1 amide bonds. The first-order valence-electron chi connectivity index (χ1n) is 8.97. The van der Waals surface area contributed by atoms with Crippen LogP contribution >= 0.6 is 35.0 Å². The highest BCUT2D eigenvalue weighted by Crippen LogP contribution is 2.36. The van der Waals surface area contributed by atoms with Crippen molar-refractivity contribution >= 4 is 40.9 Å². The van der Waals surface area contributed by atoms with Gasteiger partial charge in [0.1, 0.15) is 0 Å². The molecule has 1 aromatic carbocycles. The van der Waals surface area contributed by atoms with Gasteiger partial charge in [-0.3, -0.25) is 9.69 Å². The fraction of sp³-hybridized carbons (Fsp3) is 0.632. The molecule has 1 aliphatic carbocycles. The summed E-state index contributed by atoms with van der Waals surface area (Å²) < 4.78 is 0. The van der Waals surface area contributed by atoms with Crippen molar-refractivity contribution in [2.24, 2.45) is 0 Å². The normalized spacial score (nSPS) is 27.0. The molecule has 6 heteroatoms. The van der Waals surface area contributed by atoms with E-state index in [4.69, 9.17) is 23.2 Å². The lowest BCUT2D eigenvalue weighted by atomic mass is 10.1. The van der Waals surface area contributed by atoms with E-state index < -0.39 is 0 Å². The summed E-state index contributed by atoms with van der Waals surface area (Å²) in [4.78, 5) is 17.5. The summed E-state index contributed by atoms with van der Waals surface area (Å²) in [6.45, 7) is 2.35. The van der Waals surface area contributed by atoms with Gasteiger partial charge in [-0.2, -0.15) is 11.8 Å². The van der Waals surface area contributed by atoms with Gasteiger partial charge in [0.15, 0.2) is 0 Å². The van der Waals surface area contributed by atoms with Gasteiger partial charge in [-0.1, -0.05) is 29.3 Å². The molecule has 1 saturated carbocycles. The van der Waals surface area contributed by atoms with Crippen molar-refractivity contribution in [3.63, 3.8) is 0 Å². The van der Waals surface area contributed by atoms with E-state index in [9.17, 15) is 4.79 Å². The fourth-order valence-electron chi connectivity index (χ4n) is 4.26. The average molecular weight is 401 g/mol. The molecule has 0 spiro atoms. The number of hydrogen-bond donors (Lipinski definition) is 0. The average Bonchev–Trinajstić information content (AvgIpc) is 3.25. The molecule has 0 N–H and O–H groups in total. The highest BCUT2D eigenvalue weighted by molar-refractivity contribution is 7.99. The molecule has 1 saturated heterocycles. The van der Waals surface area contributed by atoms with E-state index in [1.165, 1.54) is 32.4 Å². The highest BCUT2D eigenvalue weighted by atomic mass is 35.5. The van der Waals surface area contributed by atoms with Gasteiger partial charge in [0.05, 0.1) is 16.5 Å². The van der Waals surface area contributed by atoms with Crippen LogP contribution in [0.3, 0.4) is 0 Å². The third-order valence-corrected chi connectivity index (χ3v) is 7.48. The molecule has 3 atom stereocenters. The zero-order valence-corrected chi connectivity index (χ0v) is 17.2. The molecule has 1 aromatic rings. The minimum Gasteiger partial charge on any atom is -0.341 e. The number of likely N-dealkylation sites (N-methyl/N-ethyl adjacent to an activating group) is 1. The van der Waals surface area contributed by atoms with Crippen LogP contribution in [0.15, 0.2) is 18.2 Å². The minimum absolute atomic E-state index is 0.161. The number of carbonyl (C=O) groups is 1. The fourth-order valence-corrected chi connectivity index (χ4v) is 5.58. The summed E-state index contributed by atoms with van der Waals surface area (Å²) in [5, 5.41) is 1.66.